The fraction of sp³-hybridized carbons (Fsp3) is 0.381. The molecule has 1 atom stereocenters. The minimum atomic E-state index is -0.555. The maximum atomic E-state index is 13.0. The summed E-state index contributed by atoms with van der Waals surface area (Å²) in [6, 6.07) is 9.83. The van der Waals surface area contributed by atoms with E-state index in [9.17, 15) is 4.79 Å². The van der Waals surface area contributed by atoms with Gasteiger partial charge in [0.05, 0.1) is 4.88 Å². The third-order valence-electron chi connectivity index (χ3n) is 4.48. The Bertz CT molecular complexity index is 921. The number of benzene rings is 1. The van der Waals surface area contributed by atoms with Crippen LogP contribution in [-0.2, 0) is 11.3 Å². The highest BCUT2D eigenvalue weighted by atomic mass is 32.1. The molecule has 1 amide bonds. The maximum Gasteiger partial charge on any atom is 0.264 e. The summed E-state index contributed by atoms with van der Waals surface area (Å²) in [6.45, 7) is 8.69. The molecule has 7 heteroatoms. The van der Waals surface area contributed by atoms with Crippen molar-refractivity contribution in [1.82, 2.24) is 15.0 Å². The Morgan fingerprint density at radius 3 is 2.75 bits per heavy atom. The number of hydrogen-bond acceptors (Lipinski definition) is 6. The van der Waals surface area contributed by atoms with Crippen LogP contribution in [0.1, 0.15) is 37.3 Å². The predicted octanol–water partition coefficient (Wildman–Crippen LogP) is 4.62. The molecule has 148 valence electrons. The van der Waals surface area contributed by atoms with Gasteiger partial charge >= 0.3 is 0 Å². The van der Waals surface area contributed by atoms with Gasteiger partial charge in [-0.25, -0.2) is 0 Å². The molecule has 0 aliphatic rings. The van der Waals surface area contributed by atoms with Crippen molar-refractivity contribution in [3.05, 3.63) is 52.7 Å². The first-order valence-corrected chi connectivity index (χ1v) is 10.3. The van der Waals surface area contributed by atoms with Crippen LogP contribution in [0.2, 0.25) is 0 Å². The Labute approximate surface area is 169 Å². The van der Waals surface area contributed by atoms with Gasteiger partial charge in [-0.3, -0.25) is 4.79 Å². The quantitative estimate of drug-likeness (QED) is 0.553. The summed E-state index contributed by atoms with van der Waals surface area (Å²) in [4.78, 5) is 20.1. The number of amides is 1. The zero-order chi connectivity index (χ0) is 20.1. The van der Waals surface area contributed by atoms with Gasteiger partial charge in [-0.1, -0.05) is 35.8 Å². The molecule has 3 aromatic rings. The number of nitrogens with zero attached hydrogens (tertiary/aromatic N) is 3. The molecule has 0 aliphatic heterocycles. The van der Waals surface area contributed by atoms with Gasteiger partial charge in [0.2, 0.25) is 11.7 Å². The van der Waals surface area contributed by atoms with E-state index in [0.29, 0.717) is 24.7 Å². The largest absolute Gasteiger partial charge is 0.480 e. The molecule has 6 nitrogen and oxygen atoms in total. The lowest BCUT2D eigenvalue weighted by atomic mass is 10.1. The van der Waals surface area contributed by atoms with Gasteiger partial charge in [0.1, 0.15) is 12.3 Å². The SMILES string of the molecule is CCC(Oc1ccc(C)cc1C)C(=O)N(CC)Cc1nc(-c2cccs2)no1. The van der Waals surface area contributed by atoms with Crippen LogP contribution >= 0.6 is 11.3 Å². The van der Waals surface area contributed by atoms with Crippen molar-refractivity contribution in [3.63, 3.8) is 0 Å². The topological polar surface area (TPSA) is 68.5 Å². The van der Waals surface area contributed by atoms with Crippen molar-refractivity contribution in [2.75, 3.05) is 6.54 Å². The first-order chi connectivity index (χ1) is 13.5. The van der Waals surface area contributed by atoms with E-state index in [1.54, 1.807) is 16.2 Å². The van der Waals surface area contributed by atoms with Gasteiger partial charge in [0.25, 0.3) is 5.91 Å². The number of carbonyl (C=O) groups excluding carboxylic acids is 1. The molecule has 0 N–H and O–H groups in total. The predicted molar refractivity (Wildman–Crippen MR) is 109 cm³/mol. The second kappa shape index (κ2) is 9.01. The normalized spacial score (nSPS) is 12.0. The Kier molecular flexibility index (Phi) is 6.46. The first-order valence-electron chi connectivity index (χ1n) is 9.41. The lowest BCUT2D eigenvalue weighted by Crippen LogP contribution is -2.41. The molecule has 0 spiro atoms. The first kappa shape index (κ1) is 20.1. The number of ether oxygens (including phenoxy) is 1. The summed E-state index contributed by atoms with van der Waals surface area (Å²) in [6.07, 6.45) is 0.0217. The van der Waals surface area contributed by atoms with Gasteiger partial charge in [0.15, 0.2) is 6.10 Å². The Morgan fingerprint density at radius 1 is 1.29 bits per heavy atom. The monoisotopic (exact) mass is 399 g/mol. The fourth-order valence-electron chi connectivity index (χ4n) is 2.93. The average Bonchev–Trinajstić information content (AvgIpc) is 3.36. The molecular weight excluding hydrogens is 374 g/mol. The minimum absolute atomic E-state index is 0.0825. The van der Waals surface area contributed by atoms with Crippen molar-refractivity contribution >= 4 is 17.2 Å². The number of likely N-dealkylation sites (N-methyl/N-ethyl adjacent to an activating group) is 1. The Morgan fingerprint density at radius 2 is 2.11 bits per heavy atom. The summed E-state index contributed by atoms with van der Waals surface area (Å²) < 4.78 is 11.4. The van der Waals surface area contributed by atoms with Crippen LogP contribution in [0.25, 0.3) is 10.7 Å². The second-order valence-corrected chi connectivity index (χ2v) is 7.57. The smallest absolute Gasteiger partial charge is 0.264 e. The highest BCUT2D eigenvalue weighted by Gasteiger charge is 2.26. The number of aromatic nitrogens is 2. The molecule has 0 saturated carbocycles. The fourth-order valence-corrected chi connectivity index (χ4v) is 3.58. The summed E-state index contributed by atoms with van der Waals surface area (Å²) in [5, 5.41) is 5.97. The Balaban J connectivity index is 1.70. The summed E-state index contributed by atoms with van der Waals surface area (Å²) >= 11 is 1.55. The molecule has 28 heavy (non-hydrogen) atoms. The van der Waals surface area contributed by atoms with Crippen LogP contribution in [0.3, 0.4) is 0 Å². The van der Waals surface area contributed by atoms with Gasteiger partial charge in [0, 0.05) is 6.54 Å². The van der Waals surface area contributed by atoms with Gasteiger partial charge in [-0.05, 0) is 50.3 Å². The molecule has 2 aromatic heterocycles. The molecular formula is C21H25N3O3S. The highest BCUT2D eigenvalue weighted by Crippen LogP contribution is 2.23. The van der Waals surface area contributed by atoms with Crippen LogP contribution in [0, 0.1) is 13.8 Å². The average molecular weight is 400 g/mol. The molecule has 2 heterocycles. The number of thiophene rings is 1. The zero-order valence-electron chi connectivity index (χ0n) is 16.6. The Hall–Kier alpha value is -2.67. The summed E-state index contributed by atoms with van der Waals surface area (Å²) in [7, 11) is 0. The number of rotatable bonds is 8. The molecule has 0 aliphatic carbocycles. The number of carbonyl (C=O) groups is 1. The van der Waals surface area contributed by atoms with Gasteiger partial charge < -0.3 is 14.2 Å². The van der Waals surface area contributed by atoms with Crippen molar-refractivity contribution in [3.8, 4) is 16.5 Å². The van der Waals surface area contributed by atoms with Crippen molar-refractivity contribution in [2.24, 2.45) is 0 Å². The molecule has 0 saturated heterocycles. The molecule has 0 fully saturated rings. The second-order valence-electron chi connectivity index (χ2n) is 6.63. The van der Waals surface area contributed by atoms with E-state index in [-0.39, 0.29) is 12.5 Å². The standard InChI is InChI=1S/C21H25N3O3S/c1-5-16(26-17-10-9-14(3)12-15(17)4)21(25)24(6-2)13-19-22-20(23-27-19)18-8-7-11-28-18/h7-12,16H,5-6,13H2,1-4H3. The maximum absolute atomic E-state index is 13.0. The summed E-state index contributed by atoms with van der Waals surface area (Å²) in [5.74, 6) is 1.62. The van der Waals surface area contributed by atoms with E-state index in [0.717, 1.165) is 21.8 Å². The molecule has 1 unspecified atom stereocenters. The van der Waals surface area contributed by atoms with Crippen molar-refractivity contribution < 1.29 is 14.1 Å². The van der Waals surface area contributed by atoms with Crippen LogP contribution in [0.4, 0.5) is 0 Å². The molecule has 0 bridgehead atoms. The summed E-state index contributed by atoms with van der Waals surface area (Å²) in [5.41, 5.74) is 2.18. The third kappa shape index (κ3) is 4.59. The van der Waals surface area contributed by atoms with Gasteiger partial charge in [-0.15, -0.1) is 11.3 Å². The number of hydrogen-bond donors (Lipinski definition) is 0. The van der Waals surface area contributed by atoms with E-state index in [1.165, 1.54) is 0 Å². The molecule has 1 aromatic carbocycles. The van der Waals surface area contributed by atoms with E-state index in [2.05, 4.69) is 16.2 Å². The molecule has 0 radical (unpaired) electrons. The molecule has 3 rings (SSSR count). The van der Waals surface area contributed by atoms with Crippen LogP contribution in [0.15, 0.2) is 40.2 Å². The van der Waals surface area contributed by atoms with E-state index < -0.39 is 6.10 Å². The van der Waals surface area contributed by atoms with Crippen LogP contribution < -0.4 is 4.74 Å². The van der Waals surface area contributed by atoms with Crippen LogP contribution in [-0.4, -0.2) is 33.6 Å². The van der Waals surface area contributed by atoms with Crippen LogP contribution in [0.5, 0.6) is 5.75 Å². The van der Waals surface area contributed by atoms with E-state index in [4.69, 9.17) is 9.26 Å². The van der Waals surface area contributed by atoms with E-state index >= 15 is 0 Å². The zero-order valence-corrected chi connectivity index (χ0v) is 17.5. The van der Waals surface area contributed by atoms with Crippen molar-refractivity contribution in [1.29, 1.82) is 0 Å². The highest BCUT2D eigenvalue weighted by molar-refractivity contribution is 7.13. The minimum Gasteiger partial charge on any atom is -0.480 e. The van der Waals surface area contributed by atoms with Gasteiger partial charge in [-0.2, -0.15) is 4.98 Å². The number of aryl methyl sites for hydroxylation is 2. The lowest BCUT2D eigenvalue weighted by molar-refractivity contribution is -0.139. The third-order valence-corrected chi connectivity index (χ3v) is 5.34. The van der Waals surface area contributed by atoms with E-state index in [1.807, 2.05) is 57.3 Å². The lowest BCUT2D eigenvalue weighted by Gasteiger charge is -2.25. The van der Waals surface area contributed by atoms with Crippen molar-refractivity contribution in [2.45, 2.75) is 46.8 Å².